The van der Waals surface area contributed by atoms with Crippen molar-refractivity contribution in [3.8, 4) is 6.07 Å². The molecule has 2 unspecified atom stereocenters. The predicted molar refractivity (Wildman–Crippen MR) is 93.6 cm³/mol. The van der Waals surface area contributed by atoms with Crippen LogP contribution in [0.4, 0.5) is 0 Å². The predicted octanol–water partition coefficient (Wildman–Crippen LogP) is 3.79. The van der Waals surface area contributed by atoms with Crippen LogP contribution in [0.5, 0.6) is 0 Å². The summed E-state index contributed by atoms with van der Waals surface area (Å²) in [4.78, 5) is 11.4. The van der Waals surface area contributed by atoms with E-state index in [1.165, 1.54) is 18.9 Å². The average molecular weight is 350 g/mol. The van der Waals surface area contributed by atoms with Crippen LogP contribution in [0.15, 0.2) is 0 Å². The first-order chi connectivity index (χ1) is 9.88. The molecule has 0 aliphatic carbocycles. The smallest absolute Gasteiger partial charge is 0.334 e. The second-order valence-electron chi connectivity index (χ2n) is 4.69. The van der Waals surface area contributed by atoms with Gasteiger partial charge in [-0.05, 0) is 38.9 Å². The van der Waals surface area contributed by atoms with Crippen molar-refractivity contribution >= 4 is 45.2 Å². The molecule has 0 aliphatic rings. The molecule has 0 saturated carbocycles. The number of ether oxygens (including phenoxy) is 2. The van der Waals surface area contributed by atoms with Gasteiger partial charge in [-0.15, -0.1) is 11.8 Å². The highest BCUT2D eigenvalue weighted by atomic mass is 32.2. The fourth-order valence-corrected chi connectivity index (χ4v) is 4.19. The second kappa shape index (κ2) is 11.3. The topological polar surface area (TPSA) is 59.3 Å². The Balaban J connectivity index is 4.11. The number of hydrogen-bond donors (Lipinski definition) is 0. The van der Waals surface area contributed by atoms with Crippen LogP contribution < -0.4 is 0 Å². The SMILES string of the molecule is CCCSC(=S)SC(C)(C#N)CCCOC(=O)C(C)OC. The number of methoxy groups -OCH3 is 1. The lowest BCUT2D eigenvalue weighted by Gasteiger charge is -2.21. The first kappa shape index (κ1) is 20.7. The molecule has 0 heterocycles. The lowest BCUT2D eigenvalue weighted by molar-refractivity contribution is -0.154. The highest BCUT2D eigenvalue weighted by Gasteiger charge is 2.26. The maximum absolute atomic E-state index is 11.4. The molecule has 0 aromatic rings. The highest BCUT2D eigenvalue weighted by Crippen LogP contribution is 2.34. The van der Waals surface area contributed by atoms with Crippen molar-refractivity contribution < 1.29 is 14.3 Å². The summed E-state index contributed by atoms with van der Waals surface area (Å²) in [5, 5.41) is 9.33. The lowest BCUT2D eigenvalue weighted by Crippen LogP contribution is -2.24. The number of thioether (sulfide) groups is 2. The second-order valence-corrected chi connectivity index (χ2v) is 8.49. The van der Waals surface area contributed by atoms with Gasteiger partial charge in [0.25, 0.3) is 0 Å². The standard InChI is InChI=1S/C14H23NO3S3/c1-5-9-20-13(19)21-14(3,10-15)7-6-8-18-12(16)11(2)17-4/h11H,5-9H2,1-4H3. The van der Waals surface area contributed by atoms with Crippen LogP contribution in [0.2, 0.25) is 0 Å². The van der Waals surface area contributed by atoms with Gasteiger partial charge in [-0.1, -0.05) is 30.9 Å². The van der Waals surface area contributed by atoms with Gasteiger partial charge in [0.2, 0.25) is 0 Å². The Bertz CT molecular complexity index is 384. The van der Waals surface area contributed by atoms with E-state index in [0.717, 1.165) is 15.7 Å². The molecule has 0 radical (unpaired) electrons. The lowest BCUT2D eigenvalue weighted by atomic mass is 10.1. The van der Waals surface area contributed by atoms with E-state index in [4.69, 9.17) is 21.7 Å². The van der Waals surface area contributed by atoms with Crippen LogP contribution >= 0.6 is 35.7 Å². The van der Waals surface area contributed by atoms with E-state index in [0.29, 0.717) is 19.4 Å². The largest absolute Gasteiger partial charge is 0.464 e. The fraction of sp³-hybridized carbons (Fsp3) is 0.786. The Kier molecular flexibility index (Phi) is 11.1. The van der Waals surface area contributed by atoms with Gasteiger partial charge in [-0.2, -0.15) is 5.26 Å². The van der Waals surface area contributed by atoms with Gasteiger partial charge in [-0.25, -0.2) is 4.79 Å². The molecule has 4 nitrogen and oxygen atoms in total. The third-order valence-corrected chi connectivity index (χ3v) is 5.66. The van der Waals surface area contributed by atoms with Crippen molar-refractivity contribution in [3.63, 3.8) is 0 Å². The Morgan fingerprint density at radius 1 is 1.52 bits per heavy atom. The van der Waals surface area contributed by atoms with E-state index in [9.17, 15) is 10.1 Å². The van der Waals surface area contributed by atoms with Gasteiger partial charge in [0.15, 0.2) is 6.10 Å². The fourth-order valence-electron chi connectivity index (χ4n) is 1.32. The zero-order valence-electron chi connectivity index (χ0n) is 13.0. The quantitative estimate of drug-likeness (QED) is 0.356. The molecule has 0 rings (SSSR count). The zero-order chi connectivity index (χ0) is 16.3. The van der Waals surface area contributed by atoms with Crippen LogP contribution in [0, 0.1) is 11.3 Å². The Morgan fingerprint density at radius 3 is 2.71 bits per heavy atom. The summed E-state index contributed by atoms with van der Waals surface area (Å²) in [7, 11) is 1.46. The first-order valence-electron chi connectivity index (χ1n) is 6.85. The normalized spacial score (nSPS) is 14.8. The van der Waals surface area contributed by atoms with Gasteiger partial charge < -0.3 is 9.47 Å². The summed E-state index contributed by atoms with van der Waals surface area (Å²) in [6.07, 6.45) is 1.75. The maximum Gasteiger partial charge on any atom is 0.334 e. The molecular weight excluding hydrogens is 326 g/mol. The van der Waals surface area contributed by atoms with E-state index in [2.05, 4.69) is 13.0 Å². The van der Waals surface area contributed by atoms with Crippen LogP contribution in [0.3, 0.4) is 0 Å². The summed E-state index contributed by atoms with van der Waals surface area (Å²) >= 11 is 8.31. The molecule has 21 heavy (non-hydrogen) atoms. The number of carbonyl (C=O) groups excluding carboxylic acids is 1. The summed E-state index contributed by atoms with van der Waals surface area (Å²) in [5.41, 5.74) is 0. The van der Waals surface area contributed by atoms with Gasteiger partial charge in [0, 0.05) is 7.11 Å². The minimum Gasteiger partial charge on any atom is -0.464 e. The Morgan fingerprint density at radius 2 is 2.19 bits per heavy atom. The molecule has 7 heteroatoms. The summed E-state index contributed by atoms with van der Waals surface area (Å²) < 4.78 is 10.2. The van der Waals surface area contributed by atoms with E-state index in [1.807, 2.05) is 6.92 Å². The van der Waals surface area contributed by atoms with Crippen LogP contribution in [-0.4, -0.2) is 39.8 Å². The van der Waals surface area contributed by atoms with E-state index in [-0.39, 0.29) is 5.97 Å². The van der Waals surface area contributed by atoms with Crippen LogP contribution in [0.1, 0.15) is 40.0 Å². The minimum atomic E-state index is -0.572. The summed E-state index contributed by atoms with van der Waals surface area (Å²) in [6, 6.07) is 2.30. The van der Waals surface area contributed by atoms with Crippen molar-refractivity contribution in [1.82, 2.24) is 0 Å². The number of carbonyl (C=O) groups is 1. The molecule has 0 amide bonds. The number of nitriles is 1. The van der Waals surface area contributed by atoms with Crippen LogP contribution in [-0.2, 0) is 14.3 Å². The van der Waals surface area contributed by atoms with Gasteiger partial charge in [-0.3, -0.25) is 0 Å². The number of rotatable bonds is 9. The molecule has 0 spiro atoms. The van der Waals surface area contributed by atoms with Crippen molar-refractivity contribution in [3.05, 3.63) is 0 Å². The molecule has 0 aromatic carbocycles. The van der Waals surface area contributed by atoms with E-state index >= 15 is 0 Å². The molecule has 2 atom stereocenters. The molecule has 120 valence electrons. The Hall–Kier alpha value is -0.290. The summed E-state index contributed by atoms with van der Waals surface area (Å²) in [6.45, 7) is 5.90. The van der Waals surface area contributed by atoms with Gasteiger partial charge in [0.05, 0.1) is 12.7 Å². The highest BCUT2D eigenvalue weighted by molar-refractivity contribution is 8.47. The maximum atomic E-state index is 11.4. The van der Waals surface area contributed by atoms with Gasteiger partial charge in [0.1, 0.15) is 8.28 Å². The molecule has 0 bridgehead atoms. The Labute approximate surface area is 141 Å². The van der Waals surface area contributed by atoms with Crippen molar-refractivity contribution in [1.29, 1.82) is 5.26 Å². The molecular formula is C14H23NO3S3. The average Bonchev–Trinajstić information content (AvgIpc) is 2.48. The zero-order valence-corrected chi connectivity index (χ0v) is 15.5. The summed E-state index contributed by atoms with van der Waals surface area (Å²) in [5.74, 6) is 0.595. The monoisotopic (exact) mass is 349 g/mol. The molecule has 0 N–H and O–H groups in total. The third-order valence-electron chi connectivity index (χ3n) is 2.70. The van der Waals surface area contributed by atoms with Crippen LogP contribution in [0.25, 0.3) is 0 Å². The van der Waals surface area contributed by atoms with E-state index < -0.39 is 10.9 Å². The molecule has 0 fully saturated rings. The number of nitrogens with zero attached hydrogens (tertiary/aromatic N) is 1. The number of hydrogen-bond acceptors (Lipinski definition) is 7. The van der Waals surface area contributed by atoms with Crippen molar-refractivity contribution in [2.45, 2.75) is 50.9 Å². The van der Waals surface area contributed by atoms with Gasteiger partial charge >= 0.3 is 5.97 Å². The molecule has 0 saturated heterocycles. The third kappa shape index (κ3) is 9.35. The first-order valence-corrected chi connectivity index (χ1v) is 9.06. The van der Waals surface area contributed by atoms with Crippen molar-refractivity contribution in [2.75, 3.05) is 19.5 Å². The molecule has 0 aromatic heterocycles. The van der Waals surface area contributed by atoms with E-state index in [1.54, 1.807) is 18.7 Å². The minimum absolute atomic E-state index is 0.291. The van der Waals surface area contributed by atoms with Crippen molar-refractivity contribution in [2.24, 2.45) is 0 Å². The molecule has 0 aliphatic heterocycles. The number of thiocarbonyl (C=S) groups is 1. The number of esters is 1.